The number of hydrogen-bond acceptors (Lipinski definition) is 4. The van der Waals surface area contributed by atoms with Crippen LogP contribution in [0.4, 0.5) is 4.79 Å². The molecule has 1 amide bonds. The summed E-state index contributed by atoms with van der Waals surface area (Å²) in [5, 5.41) is 7.49. The molecule has 0 spiro atoms. The molecule has 0 aliphatic heterocycles. The number of nitrogens with two attached hydrogens (primary N) is 1. The van der Waals surface area contributed by atoms with Gasteiger partial charge in [-0.1, -0.05) is 0 Å². The quantitative estimate of drug-likeness (QED) is 0.103. The summed E-state index contributed by atoms with van der Waals surface area (Å²) in [5.41, 5.74) is 1.44. The van der Waals surface area contributed by atoms with Gasteiger partial charge in [0.15, 0.2) is 0 Å². The minimum atomic E-state index is -1.22. The molecule has 0 bridgehead atoms. The molecule has 0 unspecified atom stereocenters. The van der Waals surface area contributed by atoms with Crippen molar-refractivity contribution in [2.24, 2.45) is 5.84 Å². The van der Waals surface area contributed by atoms with Crippen LogP contribution in [0, 0.1) is 0 Å². The number of amides is 1. The first-order chi connectivity index (χ1) is 3.68. The van der Waals surface area contributed by atoms with E-state index < -0.39 is 6.09 Å². The van der Waals surface area contributed by atoms with Gasteiger partial charge in [-0.25, -0.2) is 10.6 Å². The van der Waals surface area contributed by atoms with E-state index >= 15 is 0 Å². The van der Waals surface area contributed by atoms with Crippen LogP contribution in [0.5, 0.6) is 0 Å². The van der Waals surface area contributed by atoms with Gasteiger partial charge in [-0.2, -0.15) is 0 Å². The van der Waals surface area contributed by atoms with Gasteiger partial charge in [-0.05, 0) is 6.26 Å². The first kappa shape index (κ1) is 16.5. The van der Waals surface area contributed by atoms with Crippen LogP contribution in [0.1, 0.15) is 0 Å². The second-order valence-corrected chi connectivity index (χ2v) is 2.09. The molecule has 0 saturated carbocycles. The molecule has 9 heavy (non-hydrogen) atoms. The van der Waals surface area contributed by atoms with Crippen LogP contribution in [0.2, 0.25) is 0 Å². The molecule has 0 aliphatic carbocycles. The Morgan fingerprint density at radius 1 is 1.89 bits per heavy atom. The number of hydrazine groups is 1. The molecule has 0 heterocycles. The summed E-state index contributed by atoms with van der Waals surface area (Å²) in [6.07, 6.45) is 0.688. The Morgan fingerprint density at radius 2 is 2.00 bits per heavy atom. The molecule has 0 aromatic rings. The monoisotopic (exact) mass is 180 g/mol. The minimum absolute atomic E-state index is 0. The predicted octanol–water partition coefficient (Wildman–Crippen LogP) is -0.327. The summed E-state index contributed by atoms with van der Waals surface area (Å²) in [7, 11) is 1.44. The van der Waals surface area contributed by atoms with Crippen molar-refractivity contribution in [3.05, 3.63) is 0 Å². The Kier molecular flexibility index (Phi) is 29.3. The van der Waals surface area contributed by atoms with E-state index in [1.165, 1.54) is 16.2 Å². The maximum absolute atomic E-state index is 9.13. The average molecular weight is 180 g/mol. The van der Waals surface area contributed by atoms with Crippen LogP contribution in [0.15, 0.2) is 0 Å². The number of thiol groups is 1. The number of carboxylic acid groups (broad SMARTS) is 1. The van der Waals surface area contributed by atoms with Crippen molar-refractivity contribution < 1.29 is 9.90 Å². The Bertz CT molecular complexity index is 64.5. The Labute approximate surface area is 85.0 Å². The molecule has 0 rings (SSSR count). The van der Waals surface area contributed by atoms with E-state index in [0.29, 0.717) is 0 Å². The molecular weight excluding hydrogens is 171 g/mol. The Hall–Kier alpha value is 0.930. The summed E-state index contributed by atoms with van der Waals surface area (Å²) in [6, 6.07) is 0. The molecule has 4 N–H and O–H groups in total. The zero-order valence-corrected chi connectivity index (χ0v) is 6.00. The van der Waals surface area contributed by atoms with E-state index in [0.717, 1.165) is 0 Å². The van der Waals surface area contributed by atoms with Crippen LogP contribution in [-0.4, -0.2) is 47.0 Å². The summed E-state index contributed by atoms with van der Waals surface area (Å²) in [4.78, 5) is 9.13. The third kappa shape index (κ3) is 50.0. The summed E-state index contributed by atoms with van der Waals surface area (Å²) >= 11 is 3.71. The molecule has 0 aromatic heterocycles. The number of rotatable bonds is 0. The molecule has 7 heteroatoms. The normalized spacial score (nSPS) is 5.67. The number of nitrogens with one attached hydrogen (secondary N) is 1. The van der Waals surface area contributed by atoms with Crippen molar-refractivity contribution in [2.45, 2.75) is 0 Å². The molecule has 0 fully saturated rings. The number of carbonyl (C=O) groups is 1. The van der Waals surface area contributed by atoms with Crippen molar-refractivity contribution in [1.82, 2.24) is 5.43 Å². The molecule has 52 valence electrons. The average Bonchev–Trinajstić information content (AvgIpc) is 1.69. The molecule has 0 saturated heterocycles. The number of hydrogen-bond donors (Lipinski definition) is 4. The predicted molar refractivity (Wildman–Crippen MR) is 45.0 cm³/mol. The van der Waals surface area contributed by atoms with E-state index in [4.69, 9.17) is 9.90 Å². The van der Waals surface area contributed by atoms with Crippen molar-refractivity contribution in [3.63, 3.8) is 0 Å². The van der Waals surface area contributed by atoms with E-state index in [1.807, 2.05) is 6.26 Å². The Morgan fingerprint density at radius 3 is 2.00 bits per heavy atom. The third-order valence-corrected chi connectivity index (χ3v) is 0.123. The van der Waals surface area contributed by atoms with Gasteiger partial charge in [0.05, 0.1) is 0 Å². The topological polar surface area (TPSA) is 75.3 Å². The van der Waals surface area contributed by atoms with Gasteiger partial charge >= 0.3 is 35.7 Å². The van der Waals surface area contributed by atoms with Crippen molar-refractivity contribution in [1.29, 1.82) is 0 Å². The first-order valence-electron chi connectivity index (χ1n) is 1.56. The van der Waals surface area contributed by atoms with Gasteiger partial charge in [-0.3, -0.25) is 5.43 Å². The SMILES string of the molecule is CSS.NNC(=O)O.[NaH]. The summed E-state index contributed by atoms with van der Waals surface area (Å²) in [5.74, 6) is 4.32. The van der Waals surface area contributed by atoms with Gasteiger partial charge in [-0.15, -0.1) is 22.5 Å². The zero-order valence-electron chi connectivity index (χ0n) is 4.29. The molecular formula is C2H9N2NaO2S2. The van der Waals surface area contributed by atoms with Crippen molar-refractivity contribution in [3.8, 4) is 0 Å². The van der Waals surface area contributed by atoms with Crippen molar-refractivity contribution in [2.75, 3.05) is 6.26 Å². The van der Waals surface area contributed by atoms with E-state index in [1.54, 1.807) is 0 Å². The summed E-state index contributed by atoms with van der Waals surface area (Å²) < 4.78 is 0. The fraction of sp³-hybridized carbons (Fsp3) is 0.500. The fourth-order valence-electron chi connectivity index (χ4n) is 0. The van der Waals surface area contributed by atoms with Crippen LogP contribution in [0.3, 0.4) is 0 Å². The first-order valence-corrected chi connectivity index (χ1v) is 3.83. The van der Waals surface area contributed by atoms with Crippen LogP contribution < -0.4 is 11.3 Å². The molecule has 0 aromatic carbocycles. The van der Waals surface area contributed by atoms with Gasteiger partial charge < -0.3 is 5.11 Å². The van der Waals surface area contributed by atoms with E-state index in [-0.39, 0.29) is 29.6 Å². The standard InChI is InChI=1S/CH4N2O2.CH4S2.Na.H/c2-3-1(4)5;1-3-2;;/h3H,2H2,(H,4,5);2H,1H3;;. The summed E-state index contributed by atoms with van der Waals surface area (Å²) in [6.45, 7) is 0. The fourth-order valence-corrected chi connectivity index (χ4v) is 0. The third-order valence-electron chi connectivity index (χ3n) is 0.123. The van der Waals surface area contributed by atoms with E-state index in [2.05, 4.69) is 17.5 Å². The molecule has 0 atom stereocenters. The van der Waals surface area contributed by atoms with Gasteiger partial charge in [0.2, 0.25) is 0 Å². The zero-order chi connectivity index (χ0) is 6.99. The molecule has 0 aliphatic rings. The molecule has 4 nitrogen and oxygen atoms in total. The van der Waals surface area contributed by atoms with Gasteiger partial charge in [0.25, 0.3) is 0 Å². The maximum atomic E-state index is 9.13. The van der Waals surface area contributed by atoms with Crippen molar-refractivity contribution >= 4 is 58.1 Å². The van der Waals surface area contributed by atoms with E-state index in [9.17, 15) is 0 Å². The van der Waals surface area contributed by atoms with Crippen LogP contribution in [0.25, 0.3) is 0 Å². The van der Waals surface area contributed by atoms with Crippen LogP contribution in [-0.2, 0) is 0 Å². The van der Waals surface area contributed by atoms with Crippen LogP contribution >= 0.6 is 22.5 Å². The Balaban J connectivity index is -0.0000000800. The second-order valence-electron chi connectivity index (χ2n) is 0.632. The molecule has 0 radical (unpaired) electrons. The van der Waals surface area contributed by atoms with Gasteiger partial charge in [0, 0.05) is 0 Å². The van der Waals surface area contributed by atoms with Gasteiger partial charge in [0.1, 0.15) is 0 Å². The second kappa shape index (κ2) is 16.0.